The molecule has 0 aliphatic heterocycles. The zero-order valence-electron chi connectivity index (χ0n) is 6.47. The first kappa shape index (κ1) is 11.5. The number of hydrogen-bond donors (Lipinski definition) is 1. The molecule has 14 heavy (non-hydrogen) atoms. The molecule has 1 heterocycles. The molecule has 1 aromatic rings. The van der Waals surface area contributed by atoms with Crippen LogP contribution < -0.4 is 0 Å². The molecule has 3 nitrogen and oxygen atoms in total. The molecule has 7 heteroatoms. The molecule has 0 radical (unpaired) electrons. The molecule has 1 N–H and O–H groups in total. The van der Waals surface area contributed by atoms with Crippen LogP contribution in [-0.2, 0) is 0 Å². The van der Waals surface area contributed by atoms with Gasteiger partial charge in [0.05, 0.1) is 0 Å². The van der Waals surface area contributed by atoms with E-state index >= 15 is 0 Å². The summed E-state index contributed by atoms with van der Waals surface area (Å²) in [5.74, 6) is -1.24. The van der Waals surface area contributed by atoms with Gasteiger partial charge in [-0.1, -0.05) is 0 Å². The lowest BCUT2D eigenvalue weighted by atomic mass is 10.2. The average molecular weight is 331 g/mol. The monoisotopic (exact) mass is 329 g/mol. The van der Waals surface area contributed by atoms with Gasteiger partial charge in [-0.25, -0.2) is 18.6 Å². The zero-order chi connectivity index (χ0) is 10.9. The Morgan fingerprint density at radius 3 is 2.43 bits per heavy atom. The Bertz CT molecular complexity index is 361. The third-order valence-electron chi connectivity index (χ3n) is 1.38. The molecule has 76 valence electrons. The highest BCUT2D eigenvalue weighted by molar-refractivity contribution is 9.11. The van der Waals surface area contributed by atoms with Crippen molar-refractivity contribution in [2.75, 3.05) is 0 Å². The third kappa shape index (κ3) is 2.27. The van der Waals surface area contributed by atoms with Crippen LogP contribution in [0.4, 0.5) is 8.78 Å². The van der Waals surface area contributed by atoms with Gasteiger partial charge in [-0.05, 0) is 37.9 Å². The molecule has 1 rings (SSSR count). The maximum Gasteiger partial charge on any atom is 0.339 e. The number of carbonyl (C=O) groups is 1. The average Bonchev–Trinajstić information content (AvgIpc) is 2.01. The Labute approximate surface area is 94.4 Å². The van der Waals surface area contributed by atoms with Crippen molar-refractivity contribution in [3.63, 3.8) is 0 Å². The Balaban J connectivity index is 3.32. The van der Waals surface area contributed by atoms with Crippen molar-refractivity contribution in [3.8, 4) is 0 Å². The van der Waals surface area contributed by atoms with Crippen LogP contribution in [0, 0.1) is 0 Å². The highest BCUT2D eigenvalue weighted by Crippen LogP contribution is 2.28. The standard InChI is InChI=1S/C7H3Br2F2NO2/c8-2-1-3(6(10)11)12-5(9)4(2)7(13)14/h1,6H,(H,13,14). The fourth-order valence-corrected chi connectivity index (χ4v) is 2.25. The maximum absolute atomic E-state index is 12.2. The molecular formula is C7H3Br2F2NO2. The molecule has 0 aliphatic rings. The molecule has 0 amide bonds. The summed E-state index contributed by atoms with van der Waals surface area (Å²) < 4.78 is 24.4. The van der Waals surface area contributed by atoms with Crippen LogP contribution in [0.3, 0.4) is 0 Å². The summed E-state index contributed by atoms with van der Waals surface area (Å²) >= 11 is 5.69. The van der Waals surface area contributed by atoms with Crippen LogP contribution in [0.25, 0.3) is 0 Å². The highest BCUT2D eigenvalue weighted by atomic mass is 79.9. The summed E-state index contributed by atoms with van der Waals surface area (Å²) in [6.07, 6.45) is -2.73. The Hall–Kier alpha value is -0.560. The van der Waals surface area contributed by atoms with Crippen molar-refractivity contribution < 1.29 is 18.7 Å². The fourth-order valence-electron chi connectivity index (χ4n) is 0.804. The predicted octanol–water partition coefficient (Wildman–Crippen LogP) is 3.24. The Morgan fingerprint density at radius 2 is 2.07 bits per heavy atom. The molecule has 0 spiro atoms. The van der Waals surface area contributed by atoms with Crippen LogP contribution in [0.1, 0.15) is 22.5 Å². The number of alkyl halides is 2. The number of pyridine rings is 1. The summed E-state index contributed by atoms with van der Waals surface area (Å²) in [6, 6.07) is 0.985. The molecule has 0 bridgehead atoms. The summed E-state index contributed by atoms with van der Waals surface area (Å²) in [6.45, 7) is 0. The summed E-state index contributed by atoms with van der Waals surface area (Å²) in [5.41, 5.74) is -0.650. The van der Waals surface area contributed by atoms with E-state index in [2.05, 4.69) is 36.8 Å². The number of halogens is 4. The minimum absolute atomic E-state index is 0.0715. The van der Waals surface area contributed by atoms with Gasteiger partial charge in [-0.2, -0.15) is 0 Å². The minimum Gasteiger partial charge on any atom is -0.478 e. The van der Waals surface area contributed by atoms with Crippen molar-refractivity contribution in [2.45, 2.75) is 6.43 Å². The number of aromatic nitrogens is 1. The van der Waals surface area contributed by atoms with Gasteiger partial charge in [0.1, 0.15) is 15.9 Å². The van der Waals surface area contributed by atoms with Crippen LogP contribution >= 0.6 is 31.9 Å². The highest BCUT2D eigenvalue weighted by Gasteiger charge is 2.19. The molecule has 0 atom stereocenters. The van der Waals surface area contributed by atoms with Gasteiger partial charge in [0.15, 0.2) is 0 Å². The van der Waals surface area contributed by atoms with Gasteiger partial charge in [0.2, 0.25) is 0 Å². The molecule has 0 aliphatic carbocycles. The maximum atomic E-state index is 12.2. The van der Waals surface area contributed by atoms with Gasteiger partial charge >= 0.3 is 5.97 Å². The quantitative estimate of drug-likeness (QED) is 0.847. The van der Waals surface area contributed by atoms with Crippen molar-refractivity contribution in [1.29, 1.82) is 0 Å². The lowest BCUT2D eigenvalue weighted by Crippen LogP contribution is -2.03. The molecule has 0 aromatic carbocycles. The third-order valence-corrected chi connectivity index (χ3v) is 2.58. The van der Waals surface area contributed by atoms with E-state index in [0.717, 1.165) is 6.07 Å². The van der Waals surface area contributed by atoms with Gasteiger partial charge in [-0.15, -0.1) is 0 Å². The fraction of sp³-hybridized carbons (Fsp3) is 0.143. The Morgan fingerprint density at radius 1 is 1.50 bits per heavy atom. The predicted molar refractivity (Wildman–Crippen MR) is 51.6 cm³/mol. The summed E-state index contributed by atoms with van der Waals surface area (Å²) in [5, 5.41) is 8.69. The lowest BCUT2D eigenvalue weighted by molar-refractivity contribution is 0.0693. The Kier molecular flexibility index (Phi) is 3.54. The van der Waals surface area contributed by atoms with Crippen molar-refractivity contribution >= 4 is 37.8 Å². The summed E-state index contributed by atoms with van der Waals surface area (Å²) in [7, 11) is 0. The van der Waals surface area contributed by atoms with Gasteiger partial charge in [-0.3, -0.25) is 0 Å². The van der Waals surface area contributed by atoms with Crippen LogP contribution in [-0.4, -0.2) is 16.1 Å². The first-order valence-corrected chi connectivity index (χ1v) is 4.89. The second-order valence-corrected chi connectivity index (χ2v) is 3.91. The second-order valence-electron chi connectivity index (χ2n) is 2.30. The molecule has 0 unspecified atom stereocenters. The number of rotatable bonds is 2. The molecular weight excluding hydrogens is 328 g/mol. The number of hydrogen-bond acceptors (Lipinski definition) is 2. The van der Waals surface area contributed by atoms with Gasteiger partial charge in [0, 0.05) is 4.47 Å². The smallest absolute Gasteiger partial charge is 0.339 e. The van der Waals surface area contributed by atoms with Crippen LogP contribution in [0.2, 0.25) is 0 Å². The molecule has 0 saturated carbocycles. The van der Waals surface area contributed by atoms with E-state index in [-0.39, 0.29) is 14.6 Å². The van der Waals surface area contributed by atoms with Crippen LogP contribution in [0.5, 0.6) is 0 Å². The largest absolute Gasteiger partial charge is 0.478 e. The van der Waals surface area contributed by atoms with E-state index in [1.54, 1.807) is 0 Å². The van der Waals surface area contributed by atoms with Gasteiger partial charge < -0.3 is 5.11 Å². The number of aromatic carboxylic acids is 1. The van der Waals surface area contributed by atoms with E-state index in [1.165, 1.54) is 0 Å². The normalized spacial score (nSPS) is 10.6. The van der Waals surface area contributed by atoms with E-state index < -0.39 is 18.1 Å². The topological polar surface area (TPSA) is 50.2 Å². The van der Waals surface area contributed by atoms with Crippen LogP contribution in [0.15, 0.2) is 15.1 Å². The van der Waals surface area contributed by atoms with Crippen molar-refractivity contribution in [1.82, 2.24) is 4.98 Å². The minimum atomic E-state index is -2.73. The summed E-state index contributed by atoms with van der Waals surface area (Å²) in [4.78, 5) is 14.0. The molecule has 1 aromatic heterocycles. The molecule has 0 saturated heterocycles. The van der Waals surface area contributed by atoms with E-state index in [4.69, 9.17) is 5.11 Å². The first-order valence-electron chi connectivity index (χ1n) is 3.31. The van der Waals surface area contributed by atoms with E-state index in [0.29, 0.717) is 0 Å². The molecule has 0 fully saturated rings. The van der Waals surface area contributed by atoms with Crippen molar-refractivity contribution in [2.24, 2.45) is 0 Å². The number of nitrogens with zero attached hydrogens (tertiary/aromatic N) is 1. The first-order chi connectivity index (χ1) is 6.43. The van der Waals surface area contributed by atoms with Crippen molar-refractivity contribution in [3.05, 3.63) is 26.4 Å². The number of carboxylic acids is 1. The van der Waals surface area contributed by atoms with E-state index in [9.17, 15) is 13.6 Å². The lowest BCUT2D eigenvalue weighted by Gasteiger charge is -2.05. The zero-order valence-corrected chi connectivity index (χ0v) is 9.64. The van der Waals surface area contributed by atoms with Gasteiger partial charge in [0.25, 0.3) is 6.43 Å². The van der Waals surface area contributed by atoms with E-state index in [1.807, 2.05) is 0 Å². The number of carboxylic acid groups (broad SMARTS) is 1. The second kappa shape index (κ2) is 4.31. The SMILES string of the molecule is O=C(O)c1c(Br)cc(C(F)F)nc1Br.